The highest BCUT2D eigenvalue weighted by Gasteiger charge is 2.25. The highest BCUT2D eigenvalue weighted by molar-refractivity contribution is 7.97. The minimum atomic E-state index is -5.17. The molecular weight excluding hydrogens is 1160 g/mol. The molecule has 10 N–H and O–H groups in total. The van der Waals surface area contributed by atoms with Crippen molar-refractivity contribution < 1.29 is 94.3 Å². The molecule has 0 bridgehead atoms. The SMILES string of the molecule is Nc1ccc2c(O)c(N=Nc3cc(Nc4nc(Cl)nc(Nc5ccc(S(=O)(=O)CCOS(=O)(=O)O)cc5)n4)ccc3S(=O)(=O)O)c(SOOO)cc2c1N=Nc1ccc(S(=O)(=O)CCSOOO)cc1S(=O)(=O)O. The highest BCUT2D eigenvalue weighted by atomic mass is 35.5. The van der Waals surface area contributed by atoms with Gasteiger partial charge in [0.1, 0.15) is 32.5 Å². The van der Waals surface area contributed by atoms with Crippen molar-refractivity contribution in [2.75, 3.05) is 40.2 Å². The van der Waals surface area contributed by atoms with Crippen LogP contribution in [0.25, 0.3) is 10.8 Å². The maximum Gasteiger partial charge on any atom is 0.397 e. The molecule has 0 amide bonds. The third-order valence-electron chi connectivity index (χ3n) is 9.14. The summed E-state index contributed by atoms with van der Waals surface area (Å²) in [5.41, 5.74) is 4.34. The first-order chi connectivity index (χ1) is 34.7. The molecular formula is C35H31ClN10O21S7. The molecule has 74 heavy (non-hydrogen) atoms. The van der Waals surface area contributed by atoms with Gasteiger partial charge in [0.25, 0.3) is 20.2 Å². The van der Waals surface area contributed by atoms with Crippen LogP contribution in [-0.4, -0.2) is 110 Å². The second kappa shape index (κ2) is 23.8. The summed E-state index contributed by atoms with van der Waals surface area (Å²) in [7, 11) is -23.4. The zero-order valence-corrected chi connectivity index (χ0v) is 42.6. The number of halogens is 1. The third-order valence-corrected chi connectivity index (χ3v) is 16.4. The van der Waals surface area contributed by atoms with Gasteiger partial charge in [-0.25, -0.2) is 31.5 Å². The lowest BCUT2D eigenvalue weighted by atomic mass is 10.1. The molecule has 396 valence electrons. The summed E-state index contributed by atoms with van der Waals surface area (Å²) >= 11 is 6.76. The summed E-state index contributed by atoms with van der Waals surface area (Å²) in [4.78, 5) is 9.24. The van der Waals surface area contributed by atoms with Crippen LogP contribution in [0.4, 0.5) is 51.7 Å². The Labute approximate surface area is 430 Å². The quantitative estimate of drug-likeness (QED) is 0.00583. The van der Waals surface area contributed by atoms with E-state index < -0.39 is 106 Å². The van der Waals surface area contributed by atoms with E-state index in [0.29, 0.717) is 18.1 Å². The Bertz CT molecular complexity index is 3750. The second-order valence-corrected chi connectivity index (χ2v) is 23.9. The Kier molecular flexibility index (Phi) is 18.4. The number of azo groups is 2. The van der Waals surface area contributed by atoms with Gasteiger partial charge in [-0.1, -0.05) is 10.1 Å². The van der Waals surface area contributed by atoms with Crippen LogP contribution in [0.15, 0.2) is 124 Å². The molecule has 6 aromatic rings. The maximum absolute atomic E-state index is 12.8. The van der Waals surface area contributed by atoms with Crippen molar-refractivity contribution in [3.8, 4) is 5.75 Å². The normalized spacial score (nSPS) is 12.8. The first-order valence-electron chi connectivity index (χ1n) is 19.2. The van der Waals surface area contributed by atoms with Crippen LogP contribution in [0, 0.1) is 0 Å². The van der Waals surface area contributed by atoms with Crippen LogP contribution in [0.5, 0.6) is 5.75 Å². The molecule has 6 rings (SSSR count). The van der Waals surface area contributed by atoms with E-state index in [-0.39, 0.29) is 78.3 Å². The predicted molar refractivity (Wildman–Crippen MR) is 258 cm³/mol. The number of fused-ring (bicyclic) bond motifs is 1. The lowest BCUT2D eigenvalue weighted by molar-refractivity contribution is -0.432. The van der Waals surface area contributed by atoms with E-state index in [1.54, 1.807) is 0 Å². The van der Waals surface area contributed by atoms with Crippen LogP contribution < -0.4 is 16.4 Å². The second-order valence-electron chi connectivity index (χ2n) is 13.9. The number of phenolic OH excluding ortho intramolecular Hbond substituents is 1. The van der Waals surface area contributed by atoms with Crippen LogP contribution in [-0.2, 0) is 73.2 Å². The number of hydrogen-bond donors (Lipinski definition) is 9. The van der Waals surface area contributed by atoms with Crippen molar-refractivity contribution in [1.82, 2.24) is 15.0 Å². The summed E-state index contributed by atoms with van der Waals surface area (Å²) in [6, 6.07) is 14.2. The largest absolute Gasteiger partial charge is 0.505 e. The van der Waals surface area contributed by atoms with E-state index in [4.69, 9.17) is 32.4 Å². The number of aromatic hydroxyl groups is 1. The van der Waals surface area contributed by atoms with E-state index in [2.05, 4.69) is 69.0 Å². The first kappa shape index (κ1) is 57.4. The molecule has 0 saturated carbocycles. The van der Waals surface area contributed by atoms with Crippen molar-refractivity contribution in [3.05, 3.63) is 84.1 Å². The number of aromatic nitrogens is 3. The molecule has 1 aromatic heterocycles. The smallest absolute Gasteiger partial charge is 0.397 e. The Morgan fingerprint density at radius 1 is 0.622 bits per heavy atom. The molecule has 0 aliphatic rings. The molecule has 0 radical (unpaired) electrons. The van der Waals surface area contributed by atoms with Crippen LogP contribution >= 0.6 is 35.7 Å². The molecule has 0 fully saturated rings. The average Bonchev–Trinajstić information content (AvgIpc) is 3.30. The summed E-state index contributed by atoms with van der Waals surface area (Å²) < 4.78 is 164. The zero-order chi connectivity index (χ0) is 54.2. The van der Waals surface area contributed by atoms with Gasteiger partial charge >= 0.3 is 10.4 Å². The standard InChI is InChI=1S/C35H31ClN10O21S7/c36-33-40-34(38-18-1-4-20(5-2-18)70(50,51)13-11-63-74(60,61)62)42-35(41-33)39-19-3-10-28(72(54,55)56)26(15-19)44-46-31-27(69-67-65-49)17-23-22(32(31)47)7-8-24(37)30(23)45-43-25-9-6-21(16-29(25)73(57,58)59)71(52,53)14-12-68-66-64-48/h1-10,15-17,47-49H,11-14,37H2,(H,54,55,56)(H,57,58,59)(H,60,61,62)(H2,38,39,40,41,42). The van der Waals surface area contributed by atoms with E-state index >= 15 is 0 Å². The predicted octanol–water partition coefficient (Wildman–Crippen LogP) is 6.64. The summed E-state index contributed by atoms with van der Waals surface area (Å²) in [5, 5.41) is 56.7. The average molecular weight is 1190 g/mol. The van der Waals surface area contributed by atoms with Crippen molar-refractivity contribution in [2.45, 2.75) is 24.5 Å². The Balaban J connectivity index is 1.31. The van der Waals surface area contributed by atoms with Gasteiger partial charge in [-0.05, 0) is 90.5 Å². The van der Waals surface area contributed by atoms with Gasteiger partial charge in [0.05, 0.1) is 50.5 Å². The summed E-state index contributed by atoms with van der Waals surface area (Å²) in [5.74, 6) is -2.89. The molecule has 0 spiro atoms. The maximum atomic E-state index is 12.8. The van der Waals surface area contributed by atoms with Gasteiger partial charge in [0.2, 0.25) is 17.2 Å². The molecule has 0 saturated heterocycles. The number of nitrogens with zero attached hydrogens (tertiary/aromatic N) is 7. The Morgan fingerprint density at radius 2 is 1.22 bits per heavy atom. The highest BCUT2D eigenvalue weighted by Crippen LogP contribution is 2.48. The van der Waals surface area contributed by atoms with Crippen molar-refractivity contribution in [1.29, 1.82) is 0 Å². The number of phenols is 1. The fraction of sp³-hybridized carbons (Fsp3) is 0.114. The van der Waals surface area contributed by atoms with Gasteiger partial charge < -0.3 is 21.5 Å². The number of hydrogen-bond acceptors (Lipinski definition) is 30. The third kappa shape index (κ3) is 15.1. The fourth-order valence-electron chi connectivity index (χ4n) is 5.97. The molecule has 0 atom stereocenters. The number of nitrogens with one attached hydrogen (secondary N) is 2. The number of rotatable bonds is 24. The fourth-order valence-corrected chi connectivity index (χ4v) is 11.5. The molecule has 39 heteroatoms. The number of anilines is 5. The summed E-state index contributed by atoms with van der Waals surface area (Å²) in [6.45, 7) is -0.847. The Hall–Kier alpha value is -5.89. The molecule has 0 aliphatic carbocycles. The van der Waals surface area contributed by atoms with E-state index in [9.17, 15) is 56.3 Å². The van der Waals surface area contributed by atoms with Crippen LogP contribution in [0.1, 0.15) is 0 Å². The zero-order valence-electron chi connectivity index (χ0n) is 36.1. The molecule has 31 nitrogen and oxygen atoms in total. The number of nitrogen functional groups attached to an aromatic ring is 1. The molecule has 0 unspecified atom stereocenters. The number of sulfone groups is 2. The van der Waals surface area contributed by atoms with Crippen molar-refractivity contribution in [3.63, 3.8) is 0 Å². The van der Waals surface area contributed by atoms with E-state index in [1.165, 1.54) is 42.5 Å². The minimum absolute atomic E-state index is 0.0145. The lowest BCUT2D eigenvalue weighted by Crippen LogP contribution is -2.15. The lowest BCUT2D eigenvalue weighted by Gasteiger charge is -2.12. The van der Waals surface area contributed by atoms with Gasteiger partial charge in [0, 0.05) is 39.9 Å². The first-order valence-corrected chi connectivity index (χ1v) is 28.8. The van der Waals surface area contributed by atoms with Gasteiger partial charge in [0.15, 0.2) is 25.4 Å². The van der Waals surface area contributed by atoms with Crippen LogP contribution in [0.2, 0.25) is 5.28 Å². The Morgan fingerprint density at radius 3 is 1.85 bits per heavy atom. The molecule has 1 heterocycles. The van der Waals surface area contributed by atoms with Crippen molar-refractivity contribution in [2.24, 2.45) is 20.5 Å². The minimum Gasteiger partial charge on any atom is -0.505 e. The summed E-state index contributed by atoms with van der Waals surface area (Å²) in [6.07, 6.45) is 0. The number of benzene rings is 5. The van der Waals surface area contributed by atoms with Crippen LogP contribution in [0.3, 0.4) is 0 Å². The molecule has 0 aliphatic heterocycles. The molecule has 5 aromatic carbocycles. The van der Waals surface area contributed by atoms with Gasteiger partial charge in [-0.3, -0.25) is 13.7 Å². The van der Waals surface area contributed by atoms with Gasteiger partial charge in [-0.15, -0.1) is 29.1 Å². The van der Waals surface area contributed by atoms with Gasteiger partial charge in [-0.2, -0.15) is 40.2 Å². The monoisotopic (exact) mass is 1190 g/mol. The topological polar surface area (TPSA) is 476 Å². The van der Waals surface area contributed by atoms with Crippen molar-refractivity contribution >= 4 is 148 Å². The number of nitrogens with two attached hydrogens (primary N) is 1. The van der Waals surface area contributed by atoms with E-state index in [1.807, 2.05) is 0 Å². The van der Waals surface area contributed by atoms with E-state index in [0.717, 1.165) is 30.3 Å².